The van der Waals surface area contributed by atoms with E-state index in [1.807, 2.05) is 12.4 Å². The van der Waals surface area contributed by atoms with Gasteiger partial charge in [-0.1, -0.05) is 0 Å². The molecule has 4 nitrogen and oxygen atoms in total. The monoisotopic (exact) mass is 274 g/mol. The lowest BCUT2D eigenvalue weighted by atomic mass is 10.1. The van der Waals surface area contributed by atoms with Crippen molar-refractivity contribution in [2.75, 3.05) is 18.6 Å². The lowest BCUT2D eigenvalue weighted by Gasteiger charge is -2.07. The number of hydrogen-bond acceptors (Lipinski definition) is 5. The maximum atomic E-state index is 11.4. The van der Waals surface area contributed by atoms with Crippen molar-refractivity contribution in [1.29, 1.82) is 0 Å². The van der Waals surface area contributed by atoms with Crippen molar-refractivity contribution in [3.05, 3.63) is 16.1 Å². The van der Waals surface area contributed by atoms with Crippen LogP contribution in [0.4, 0.5) is 0 Å². The number of rotatable bonds is 4. The Balaban J connectivity index is 2.04. The van der Waals surface area contributed by atoms with Gasteiger partial charge < -0.3 is 5.32 Å². The quantitative estimate of drug-likeness (QED) is 0.896. The highest BCUT2D eigenvalue weighted by Crippen LogP contribution is 2.31. The molecule has 1 N–H and O–H groups in total. The zero-order valence-electron chi connectivity index (χ0n) is 10.1. The van der Waals surface area contributed by atoms with Gasteiger partial charge in [0.05, 0.1) is 22.2 Å². The molecule has 2 unspecified atom stereocenters. The second kappa shape index (κ2) is 5.04. The van der Waals surface area contributed by atoms with E-state index in [1.54, 1.807) is 11.3 Å². The number of nitrogens with zero attached hydrogens (tertiary/aromatic N) is 1. The van der Waals surface area contributed by atoms with Gasteiger partial charge in [0.25, 0.3) is 0 Å². The Morgan fingerprint density at radius 2 is 2.41 bits per heavy atom. The van der Waals surface area contributed by atoms with Crippen molar-refractivity contribution < 1.29 is 8.42 Å². The van der Waals surface area contributed by atoms with Gasteiger partial charge in [-0.2, -0.15) is 0 Å². The number of aromatic nitrogens is 1. The summed E-state index contributed by atoms with van der Waals surface area (Å²) in [5.41, 5.74) is 1.07. The Bertz CT molecular complexity index is 481. The Morgan fingerprint density at radius 1 is 1.65 bits per heavy atom. The molecule has 0 saturated carbocycles. The molecule has 1 aliphatic rings. The van der Waals surface area contributed by atoms with Crippen molar-refractivity contribution in [3.63, 3.8) is 0 Å². The number of sulfone groups is 1. The minimum Gasteiger partial charge on any atom is -0.317 e. The molecule has 96 valence electrons. The number of thiazole rings is 1. The molecule has 2 rings (SSSR count). The fourth-order valence-corrected chi connectivity index (χ4v) is 4.83. The summed E-state index contributed by atoms with van der Waals surface area (Å²) in [7, 11) is -0.876. The number of nitrogens with one attached hydrogen (secondary N) is 1. The van der Waals surface area contributed by atoms with Crippen molar-refractivity contribution in [2.24, 2.45) is 0 Å². The van der Waals surface area contributed by atoms with Crippen molar-refractivity contribution in [3.8, 4) is 0 Å². The molecule has 0 amide bonds. The molecule has 1 aromatic rings. The van der Waals surface area contributed by atoms with Crippen LogP contribution in [0.5, 0.6) is 0 Å². The minimum atomic E-state index is -2.81. The highest BCUT2D eigenvalue weighted by atomic mass is 32.2. The molecule has 0 radical (unpaired) electrons. The maximum Gasteiger partial charge on any atom is 0.151 e. The van der Waals surface area contributed by atoms with E-state index in [4.69, 9.17) is 0 Å². The SMILES string of the molecule is CNC(C)Cc1csc(C2CCS(=O)(=O)C2)n1. The largest absolute Gasteiger partial charge is 0.317 e. The van der Waals surface area contributed by atoms with Gasteiger partial charge in [-0.15, -0.1) is 11.3 Å². The van der Waals surface area contributed by atoms with Crippen LogP contribution in [-0.4, -0.2) is 38.0 Å². The first-order valence-electron chi connectivity index (χ1n) is 5.82. The molecular weight excluding hydrogens is 256 g/mol. The summed E-state index contributed by atoms with van der Waals surface area (Å²) in [6.07, 6.45) is 1.63. The summed E-state index contributed by atoms with van der Waals surface area (Å²) in [5, 5.41) is 6.21. The highest BCUT2D eigenvalue weighted by Gasteiger charge is 2.30. The van der Waals surface area contributed by atoms with Gasteiger partial charge in [-0.25, -0.2) is 13.4 Å². The average molecular weight is 274 g/mol. The maximum absolute atomic E-state index is 11.4. The Labute approximate surface area is 106 Å². The van der Waals surface area contributed by atoms with Gasteiger partial charge in [0.15, 0.2) is 9.84 Å². The van der Waals surface area contributed by atoms with Crippen LogP contribution in [0.2, 0.25) is 0 Å². The smallest absolute Gasteiger partial charge is 0.151 e. The second-order valence-corrected chi connectivity index (χ2v) is 7.79. The Hall–Kier alpha value is -0.460. The summed E-state index contributed by atoms with van der Waals surface area (Å²) in [4.78, 5) is 4.56. The first-order valence-corrected chi connectivity index (χ1v) is 8.52. The highest BCUT2D eigenvalue weighted by molar-refractivity contribution is 7.91. The van der Waals surface area contributed by atoms with E-state index in [1.165, 1.54) is 0 Å². The van der Waals surface area contributed by atoms with Gasteiger partial charge in [-0.3, -0.25) is 0 Å². The van der Waals surface area contributed by atoms with Crippen molar-refractivity contribution in [2.45, 2.75) is 31.7 Å². The predicted octanol–water partition coefficient (Wildman–Crippen LogP) is 1.20. The van der Waals surface area contributed by atoms with Gasteiger partial charge in [0.2, 0.25) is 0 Å². The molecule has 0 aliphatic carbocycles. The lowest BCUT2D eigenvalue weighted by Crippen LogP contribution is -2.23. The van der Waals surface area contributed by atoms with Crippen LogP contribution < -0.4 is 5.32 Å². The molecule has 2 heterocycles. The summed E-state index contributed by atoms with van der Waals surface area (Å²) >= 11 is 1.60. The first-order chi connectivity index (χ1) is 8.00. The standard InChI is InChI=1S/C11H18N2O2S2/c1-8(12-2)5-10-6-16-11(13-10)9-3-4-17(14,15)7-9/h6,8-9,12H,3-5,7H2,1-2H3. The molecule has 2 atom stereocenters. The third-order valence-electron chi connectivity index (χ3n) is 3.16. The molecule has 1 saturated heterocycles. The minimum absolute atomic E-state index is 0.128. The van der Waals surface area contributed by atoms with Crippen molar-refractivity contribution >= 4 is 21.2 Å². The predicted molar refractivity (Wildman–Crippen MR) is 70.4 cm³/mol. The van der Waals surface area contributed by atoms with Gasteiger partial charge in [0.1, 0.15) is 0 Å². The third kappa shape index (κ3) is 3.26. The van der Waals surface area contributed by atoms with Gasteiger partial charge in [-0.05, 0) is 20.4 Å². The third-order valence-corrected chi connectivity index (χ3v) is 5.98. The van der Waals surface area contributed by atoms with Crippen LogP contribution in [-0.2, 0) is 16.3 Å². The van der Waals surface area contributed by atoms with Crippen LogP contribution in [0.25, 0.3) is 0 Å². The van der Waals surface area contributed by atoms with E-state index in [-0.39, 0.29) is 11.7 Å². The molecular formula is C11H18N2O2S2. The van der Waals surface area contributed by atoms with Crippen LogP contribution in [0.15, 0.2) is 5.38 Å². The van der Waals surface area contributed by atoms with E-state index in [0.717, 1.165) is 23.5 Å². The topological polar surface area (TPSA) is 59.1 Å². The Kier molecular flexibility index (Phi) is 3.85. The van der Waals surface area contributed by atoms with E-state index < -0.39 is 9.84 Å². The van der Waals surface area contributed by atoms with E-state index >= 15 is 0 Å². The molecule has 1 aromatic heterocycles. The summed E-state index contributed by atoms with van der Waals surface area (Å²) < 4.78 is 22.8. The van der Waals surface area contributed by atoms with Gasteiger partial charge in [0, 0.05) is 23.8 Å². The molecule has 0 aromatic carbocycles. The van der Waals surface area contributed by atoms with E-state index in [0.29, 0.717) is 11.8 Å². The summed E-state index contributed by atoms with van der Waals surface area (Å²) in [5.74, 6) is 0.727. The summed E-state index contributed by atoms with van der Waals surface area (Å²) in [6, 6.07) is 0.400. The molecule has 0 bridgehead atoms. The number of likely N-dealkylation sites (N-methyl/N-ethyl adjacent to an activating group) is 1. The first kappa shape index (κ1) is 13.0. The van der Waals surface area contributed by atoms with Crippen LogP contribution in [0.1, 0.15) is 30.0 Å². The zero-order chi connectivity index (χ0) is 12.5. The van der Waals surface area contributed by atoms with Crippen molar-refractivity contribution in [1.82, 2.24) is 10.3 Å². The number of hydrogen-bond donors (Lipinski definition) is 1. The fraction of sp³-hybridized carbons (Fsp3) is 0.727. The average Bonchev–Trinajstić information content (AvgIpc) is 2.84. The fourth-order valence-electron chi connectivity index (χ4n) is 2.01. The van der Waals surface area contributed by atoms with E-state index in [9.17, 15) is 8.42 Å². The van der Waals surface area contributed by atoms with Crippen LogP contribution >= 0.6 is 11.3 Å². The molecule has 17 heavy (non-hydrogen) atoms. The molecule has 0 spiro atoms. The van der Waals surface area contributed by atoms with E-state index in [2.05, 4.69) is 17.2 Å². The summed E-state index contributed by atoms with van der Waals surface area (Å²) in [6.45, 7) is 2.11. The van der Waals surface area contributed by atoms with Crippen LogP contribution in [0.3, 0.4) is 0 Å². The zero-order valence-corrected chi connectivity index (χ0v) is 11.8. The Morgan fingerprint density at radius 3 is 3.00 bits per heavy atom. The van der Waals surface area contributed by atoms with Gasteiger partial charge >= 0.3 is 0 Å². The molecule has 6 heteroatoms. The molecule has 1 fully saturated rings. The van der Waals surface area contributed by atoms with Crippen LogP contribution in [0, 0.1) is 0 Å². The lowest BCUT2D eigenvalue weighted by molar-refractivity contribution is 0.598. The second-order valence-electron chi connectivity index (χ2n) is 4.67. The molecule has 1 aliphatic heterocycles. The normalized spacial score (nSPS) is 24.9.